The van der Waals surface area contributed by atoms with Gasteiger partial charge in [-0.05, 0) is 12.5 Å². The predicted molar refractivity (Wildman–Crippen MR) is 60.7 cm³/mol. The Labute approximate surface area is 90.7 Å². The Hall–Kier alpha value is -1.10. The van der Waals surface area contributed by atoms with Gasteiger partial charge in [0.15, 0.2) is 9.84 Å². The molecule has 0 aliphatic heterocycles. The second-order valence-corrected chi connectivity index (χ2v) is 5.52. The van der Waals surface area contributed by atoms with E-state index in [1.165, 1.54) is 6.20 Å². The monoisotopic (exact) mass is 228 g/mol. The van der Waals surface area contributed by atoms with Gasteiger partial charge in [0.05, 0.1) is 22.5 Å². The van der Waals surface area contributed by atoms with Crippen LogP contribution in [-0.4, -0.2) is 25.7 Å². The first-order valence-electron chi connectivity index (χ1n) is 5.01. The molecule has 1 rings (SSSR count). The zero-order valence-corrected chi connectivity index (χ0v) is 9.84. The molecule has 0 bridgehead atoms. The second-order valence-electron chi connectivity index (χ2n) is 3.24. The highest BCUT2D eigenvalue weighted by Gasteiger charge is 2.11. The van der Waals surface area contributed by atoms with Crippen LogP contribution in [0.1, 0.15) is 20.3 Å². The summed E-state index contributed by atoms with van der Waals surface area (Å²) in [6.07, 6.45) is 4.01. The van der Waals surface area contributed by atoms with E-state index < -0.39 is 9.84 Å². The quantitative estimate of drug-likeness (QED) is 0.833. The van der Waals surface area contributed by atoms with Crippen LogP contribution in [0.15, 0.2) is 23.4 Å². The molecule has 0 spiro atoms. The van der Waals surface area contributed by atoms with Crippen LogP contribution in [0.5, 0.6) is 0 Å². The molecule has 15 heavy (non-hydrogen) atoms. The molecular formula is C10H16N2O2S. The van der Waals surface area contributed by atoms with E-state index in [1.54, 1.807) is 19.2 Å². The van der Waals surface area contributed by atoms with E-state index in [2.05, 4.69) is 10.3 Å². The number of hydrogen-bond donors (Lipinski definition) is 1. The number of hydrogen-bond acceptors (Lipinski definition) is 4. The molecule has 0 aliphatic carbocycles. The molecule has 1 N–H and O–H groups in total. The van der Waals surface area contributed by atoms with Crippen molar-refractivity contribution in [3.8, 4) is 0 Å². The van der Waals surface area contributed by atoms with Gasteiger partial charge in [-0.3, -0.25) is 4.98 Å². The molecule has 0 aliphatic rings. The number of nitrogens with zero attached hydrogens (tertiary/aromatic N) is 1. The van der Waals surface area contributed by atoms with Crippen LogP contribution >= 0.6 is 0 Å². The maximum Gasteiger partial charge on any atom is 0.179 e. The Morgan fingerprint density at radius 1 is 1.33 bits per heavy atom. The lowest BCUT2D eigenvalue weighted by Crippen LogP contribution is -2.06. The Balaban J connectivity index is 2.93. The highest BCUT2D eigenvalue weighted by atomic mass is 32.2. The van der Waals surface area contributed by atoms with Crippen LogP contribution in [0.25, 0.3) is 0 Å². The van der Waals surface area contributed by atoms with Crippen molar-refractivity contribution in [2.75, 3.05) is 17.6 Å². The number of rotatable bonds is 5. The van der Waals surface area contributed by atoms with Crippen LogP contribution < -0.4 is 5.32 Å². The third-order valence-electron chi connectivity index (χ3n) is 2.03. The minimum atomic E-state index is -3.15. The standard InChI is InChI=1S/C10H16N2O2S/c1-3-5-12-9-6-10(8-11-7-9)15(13,14)4-2/h6-8,12H,3-5H2,1-2H3. The number of aromatic nitrogens is 1. The van der Waals surface area contributed by atoms with Gasteiger partial charge in [0.25, 0.3) is 0 Å². The summed E-state index contributed by atoms with van der Waals surface area (Å²) in [5, 5.41) is 3.10. The molecule has 1 aromatic heterocycles. The third-order valence-corrected chi connectivity index (χ3v) is 3.73. The molecule has 0 amide bonds. The molecule has 84 valence electrons. The van der Waals surface area contributed by atoms with E-state index in [9.17, 15) is 8.42 Å². The molecule has 0 fully saturated rings. The van der Waals surface area contributed by atoms with E-state index in [0.717, 1.165) is 18.7 Å². The minimum absolute atomic E-state index is 0.103. The van der Waals surface area contributed by atoms with Gasteiger partial charge in [0, 0.05) is 12.7 Å². The number of pyridine rings is 1. The molecule has 0 aromatic carbocycles. The van der Waals surface area contributed by atoms with Crippen molar-refractivity contribution >= 4 is 15.5 Å². The van der Waals surface area contributed by atoms with E-state index in [0.29, 0.717) is 0 Å². The van der Waals surface area contributed by atoms with Crippen LogP contribution in [-0.2, 0) is 9.84 Å². The zero-order valence-electron chi connectivity index (χ0n) is 9.03. The topological polar surface area (TPSA) is 59.1 Å². The Kier molecular flexibility index (Phi) is 4.08. The molecule has 0 unspecified atom stereocenters. The maximum atomic E-state index is 11.6. The van der Waals surface area contributed by atoms with Crippen LogP contribution in [0.4, 0.5) is 5.69 Å². The highest BCUT2D eigenvalue weighted by molar-refractivity contribution is 7.91. The molecule has 4 nitrogen and oxygen atoms in total. The van der Waals surface area contributed by atoms with Gasteiger partial charge >= 0.3 is 0 Å². The summed E-state index contributed by atoms with van der Waals surface area (Å²) >= 11 is 0. The number of nitrogens with one attached hydrogen (secondary N) is 1. The van der Waals surface area contributed by atoms with Crippen molar-refractivity contribution in [3.63, 3.8) is 0 Å². The molecule has 0 radical (unpaired) electrons. The molecule has 5 heteroatoms. The van der Waals surface area contributed by atoms with Crippen molar-refractivity contribution in [1.82, 2.24) is 4.98 Å². The molecule has 0 saturated heterocycles. The van der Waals surface area contributed by atoms with E-state index in [1.807, 2.05) is 6.92 Å². The van der Waals surface area contributed by atoms with E-state index in [4.69, 9.17) is 0 Å². The van der Waals surface area contributed by atoms with Crippen molar-refractivity contribution in [2.45, 2.75) is 25.2 Å². The minimum Gasteiger partial charge on any atom is -0.384 e. The first-order valence-corrected chi connectivity index (χ1v) is 6.67. The first-order chi connectivity index (χ1) is 7.10. The Bertz CT molecular complexity index is 415. The summed E-state index contributed by atoms with van der Waals surface area (Å²) in [6, 6.07) is 1.63. The molecular weight excluding hydrogens is 212 g/mol. The van der Waals surface area contributed by atoms with Crippen LogP contribution in [0.2, 0.25) is 0 Å². The highest BCUT2D eigenvalue weighted by Crippen LogP contribution is 2.14. The Morgan fingerprint density at radius 3 is 2.67 bits per heavy atom. The van der Waals surface area contributed by atoms with Crippen molar-refractivity contribution in [1.29, 1.82) is 0 Å². The van der Waals surface area contributed by atoms with Crippen LogP contribution in [0.3, 0.4) is 0 Å². The van der Waals surface area contributed by atoms with Crippen molar-refractivity contribution in [3.05, 3.63) is 18.5 Å². The van der Waals surface area contributed by atoms with Gasteiger partial charge in [0.2, 0.25) is 0 Å². The van der Waals surface area contributed by atoms with Gasteiger partial charge in [-0.2, -0.15) is 0 Å². The van der Waals surface area contributed by atoms with Gasteiger partial charge in [0.1, 0.15) is 0 Å². The average Bonchev–Trinajstić information content (AvgIpc) is 2.27. The smallest absolute Gasteiger partial charge is 0.179 e. The molecule has 1 heterocycles. The van der Waals surface area contributed by atoms with Gasteiger partial charge < -0.3 is 5.32 Å². The molecule has 0 saturated carbocycles. The summed E-state index contributed by atoms with van der Waals surface area (Å²) in [4.78, 5) is 4.19. The lowest BCUT2D eigenvalue weighted by Gasteiger charge is -2.06. The lowest BCUT2D eigenvalue weighted by molar-refractivity contribution is 0.597. The van der Waals surface area contributed by atoms with Gasteiger partial charge in [-0.15, -0.1) is 0 Å². The van der Waals surface area contributed by atoms with E-state index in [-0.39, 0.29) is 10.6 Å². The third kappa shape index (κ3) is 3.20. The predicted octanol–water partition coefficient (Wildman–Crippen LogP) is 1.70. The average molecular weight is 228 g/mol. The summed E-state index contributed by atoms with van der Waals surface area (Å²) in [5.74, 6) is 0.103. The van der Waals surface area contributed by atoms with Crippen molar-refractivity contribution in [2.24, 2.45) is 0 Å². The largest absolute Gasteiger partial charge is 0.384 e. The summed E-state index contributed by atoms with van der Waals surface area (Å²) < 4.78 is 23.1. The molecule has 1 aromatic rings. The SMILES string of the molecule is CCCNc1cncc(S(=O)(=O)CC)c1. The lowest BCUT2D eigenvalue weighted by atomic mass is 10.4. The number of sulfone groups is 1. The van der Waals surface area contributed by atoms with E-state index >= 15 is 0 Å². The zero-order chi connectivity index (χ0) is 11.3. The fourth-order valence-electron chi connectivity index (χ4n) is 1.12. The van der Waals surface area contributed by atoms with Crippen LogP contribution in [0, 0.1) is 0 Å². The fraction of sp³-hybridized carbons (Fsp3) is 0.500. The van der Waals surface area contributed by atoms with Gasteiger partial charge in [-0.25, -0.2) is 8.42 Å². The molecule has 0 atom stereocenters. The summed E-state index contributed by atoms with van der Waals surface area (Å²) in [7, 11) is -3.15. The second kappa shape index (κ2) is 5.11. The first kappa shape index (κ1) is 12.0. The summed E-state index contributed by atoms with van der Waals surface area (Å²) in [5.41, 5.74) is 0.756. The Morgan fingerprint density at radius 2 is 2.07 bits per heavy atom. The normalized spacial score (nSPS) is 11.3. The fourth-order valence-corrected chi connectivity index (χ4v) is 1.98. The maximum absolute atomic E-state index is 11.6. The summed E-state index contributed by atoms with van der Waals surface area (Å²) in [6.45, 7) is 4.49. The van der Waals surface area contributed by atoms with Crippen molar-refractivity contribution < 1.29 is 8.42 Å². The van der Waals surface area contributed by atoms with Gasteiger partial charge in [-0.1, -0.05) is 13.8 Å². The number of anilines is 1.